The van der Waals surface area contributed by atoms with Crippen LogP contribution in [0, 0.1) is 5.92 Å². The fourth-order valence-corrected chi connectivity index (χ4v) is 4.57. The molecule has 2 aliphatic carbocycles. The molecule has 1 saturated heterocycles. The lowest BCUT2D eigenvalue weighted by Crippen LogP contribution is -2.51. The molecule has 1 saturated carbocycles. The molecule has 0 amide bonds. The molecule has 2 heteroatoms. The number of nitrogens with one attached hydrogen (secondary N) is 1. The molecule has 0 radical (unpaired) electrons. The van der Waals surface area contributed by atoms with Crippen LogP contribution in [-0.2, 0) is 6.42 Å². The van der Waals surface area contributed by atoms with Crippen molar-refractivity contribution in [3.05, 3.63) is 29.6 Å². The van der Waals surface area contributed by atoms with Gasteiger partial charge in [0, 0.05) is 23.3 Å². The fraction of sp³-hybridized carbons (Fsp3) is 0.706. The van der Waals surface area contributed by atoms with Gasteiger partial charge in [0.1, 0.15) is 0 Å². The van der Waals surface area contributed by atoms with Crippen LogP contribution in [0.25, 0.3) is 0 Å². The number of fused-ring (bicyclic) bond motifs is 1. The summed E-state index contributed by atoms with van der Waals surface area (Å²) in [6, 6.07) is 4.39. The van der Waals surface area contributed by atoms with Crippen LogP contribution in [0.15, 0.2) is 18.3 Å². The number of hydrogen-bond acceptors (Lipinski definition) is 2. The highest BCUT2D eigenvalue weighted by Crippen LogP contribution is 2.53. The third kappa shape index (κ3) is 1.92. The topological polar surface area (TPSA) is 24.9 Å². The van der Waals surface area contributed by atoms with Crippen LogP contribution in [0.1, 0.15) is 62.1 Å². The number of aryl methyl sites for hydroxylation is 1. The highest BCUT2D eigenvalue weighted by molar-refractivity contribution is 5.33. The number of nitrogens with zero attached hydrogens (tertiary/aromatic N) is 1. The van der Waals surface area contributed by atoms with Gasteiger partial charge in [0.2, 0.25) is 0 Å². The average Bonchev–Trinajstić information content (AvgIpc) is 3.23. The van der Waals surface area contributed by atoms with Crippen molar-refractivity contribution in [2.75, 3.05) is 6.54 Å². The smallest absolute Gasteiger partial charge is 0.0485 e. The van der Waals surface area contributed by atoms with E-state index in [4.69, 9.17) is 4.98 Å². The molecule has 3 aliphatic rings. The van der Waals surface area contributed by atoms with Crippen molar-refractivity contribution in [2.24, 2.45) is 5.92 Å². The second-order valence-electron chi connectivity index (χ2n) is 6.69. The molecule has 19 heavy (non-hydrogen) atoms. The minimum absolute atomic E-state index is 0.385. The summed E-state index contributed by atoms with van der Waals surface area (Å²) in [5.74, 6) is 1.60. The Hall–Kier alpha value is -0.890. The lowest BCUT2D eigenvalue weighted by molar-refractivity contribution is 0.216. The van der Waals surface area contributed by atoms with Crippen LogP contribution < -0.4 is 5.32 Å². The van der Waals surface area contributed by atoms with Crippen molar-refractivity contribution in [1.82, 2.24) is 10.3 Å². The van der Waals surface area contributed by atoms with Crippen LogP contribution in [0.4, 0.5) is 0 Å². The van der Waals surface area contributed by atoms with Crippen molar-refractivity contribution in [3.8, 4) is 0 Å². The van der Waals surface area contributed by atoms with Crippen molar-refractivity contribution >= 4 is 0 Å². The van der Waals surface area contributed by atoms with E-state index >= 15 is 0 Å². The summed E-state index contributed by atoms with van der Waals surface area (Å²) in [5.41, 5.74) is 3.32. The van der Waals surface area contributed by atoms with Gasteiger partial charge in [0.25, 0.3) is 0 Å². The van der Waals surface area contributed by atoms with E-state index in [-0.39, 0.29) is 0 Å². The van der Waals surface area contributed by atoms with Gasteiger partial charge in [-0.15, -0.1) is 0 Å². The SMILES string of the molecule is c1cnc2c(c1)CCC2C1(C2CC2)CCCCCN1. The maximum atomic E-state index is 4.76. The molecule has 4 rings (SSSR count). The molecule has 0 bridgehead atoms. The molecular weight excluding hydrogens is 232 g/mol. The highest BCUT2D eigenvalue weighted by atomic mass is 15.0. The molecule has 1 N–H and O–H groups in total. The van der Waals surface area contributed by atoms with Gasteiger partial charge in [-0.3, -0.25) is 4.98 Å². The van der Waals surface area contributed by atoms with Crippen LogP contribution >= 0.6 is 0 Å². The lowest BCUT2D eigenvalue weighted by Gasteiger charge is -2.40. The monoisotopic (exact) mass is 256 g/mol. The lowest BCUT2D eigenvalue weighted by atomic mass is 9.75. The van der Waals surface area contributed by atoms with Crippen molar-refractivity contribution in [3.63, 3.8) is 0 Å². The third-order valence-corrected chi connectivity index (χ3v) is 5.61. The Labute approximate surface area is 116 Å². The molecule has 2 unspecified atom stereocenters. The Kier molecular flexibility index (Phi) is 2.87. The van der Waals surface area contributed by atoms with Gasteiger partial charge in [-0.25, -0.2) is 0 Å². The van der Waals surface area contributed by atoms with Gasteiger partial charge in [-0.2, -0.15) is 0 Å². The van der Waals surface area contributed by atoms with Crippen LogP contribution in [0.3, 0.4) is 0 Å². The van der Waals surface area contributed by atoms with Crippen molar-refractivity contribution < 1.29 is 0 Å². The molecular formula is C17H24N2. The van der Waals surface area contributed by atoms with Crippen molar-refractivity contribution in [1.29, 1.82) is 0 Å². The van der Waals surface area contributed by atoms with Crippen LogP contribution in [0.2, 0.25) is 0 Å². The predicted octanol–water partition coefficient (Wildman–Crippen LogP) is 3.42. The first kappa shape index (κ1) is 11.9. The van der Waals surface area contributed by atoms with Crippen molar-refractivity contribution in [2.45, 2.75) is 62.8 Å². The number of aromatic nitrogens is 1. The standard InChI is InChI=1S/C17H24N2/c1-2-10-17(14-7-8-14,19-12-3-1)15-9-6-13-5-4-11-18-16(13)15/h4-5,11,14-15,19H,1-3,6-10,12H2. The largest absolute Gasteiger partial charge is 0.310 e. The zero-order chi connectivity index (χ0) is 12.7. The summed E-state index contributed by atoms with van der Waals surface area (Å²) in [6.45, 7) is 1.22. The Morgan fingerprint density at radius 1 is 1.16 bits per heavy atom. The maximum absolute atomic E-state index is 4.76. The molecule has 0 spiro atoms. The molecule has 102 valence electrons. The highest BCUT2D eigenvalue weighted by Gasteiger charge is 2.52. The van der Waals surface area contributed by atoms with E-state index < -0.39 is 0 Å². The Morgan fingerprint density at radius 3 is 3.00 bits per heavy atom. The first-order chi connectivity index (χ1) is 9.40. The van der Waals surface area contributed by atoms with Gasteiger partial charge < -0.3 is 5.32 Å². The van der Waals surface area contributed by atoms with Gasteiger partial charge in [-0.1, -0.05) is 18.9 Å². The average molecular weight is 256 g/mol. The second-order valence-corrected chi connectivity index (χ2v) is 6.69. The quantitative estimate of drug-likeness (QED) is 0.877. The number of rotatable bonds is 2. The molecule has 1 aromatic heterocycles. The Bertz CT molecular complexity index is 456. The zero-order valence-corrected chi connectivity index (χ0v) is 11.7. The normalized spacial score (nSPS) is 34.8. The first-order valence-electron chi connectivity index (χ1n) is 8.09. The maximum Gasteiger partial charge on any atom is 0.0485 e. The summed E-state index contributed by atoms with van der Waals surface area (Å²) in [6.07, 6.45) is 13.0. The molecule has 2 heterocycles. The molecule has 1 aliphatic heterocycles. The summed E-state index contributed by atoms with van der Waals surface area (Å²) in [5, 5.41) is 4.00. The van der Waals surface area contributed by atoms with Crippen LogP contribution in [-0.4, -0.2) is 17.1 Å². The van der Waals surface area contributed by atoms with E-state index in [9.17, 15) is 0 Å². The first-order valence-corrected chi connectivity index (χ1v) is 8.09. The predicted molar refractivity (Wildman–Crippen MR) is 77.2 cm³/mol. The summed E-state index contributed by atoms with van der Waals surface area (Å²) < 4.78 is 0. The van der Waals surface area contributed by atoms with Gasteiger partial charge in [-0.05, 0) is 62.6 Å². The molecule has 1 aromatic rings. The van der Waals surface area contributed by atoms with E-state index in [2.05, 4.69) is 17.4 Å². The Balaban J connectivity index is 1.72. The second kappa shape index (κ2) is 4.59. The molecule has 2 fully saturated rings. The molecule has 0 aromatic carbocycles. The van der Waals surface area contributed by atoms with E-state index in [1.54, 1.807) is 0 Å². The van der Waals surface area contributed by atoms with E-state index in [1.807, 2.05) is 6.20 Å². The molecule has 2 atom stereocenters. The fourth-order valence-electron chi connectivity index (χ4n) is 4.57. The summed E-state index contributed by atoms with van der Waals surface area (Å²) in [7, 11) is 0. The van der Waals surface area contributed by atoms with Gasteiger partial charge in [0.05, 0.1) is 0 Å². The zero-order valence-electron chi connectivity index (χ0n) is 11.7. The van der Waals surface area contributed by atoms with E-state index in [0.717, 1.165) is 5.92 Å². The van der Waals surface area contributed by atoms with E-state index in [1.165, 1.54) is 69.2 Å². The van der Waals surface area contributed by atoms with Gasteiger partial charge >= 0.3 is 0 Å². The summed E-state index contributed by atoms with van der Waals surface area (Å²) in [4.78, 5) is 4.76. The summed E-state index contributed by atoms with van der Waals surface area (Å²) >= 11 is 0. The minimum Gasteiger partial charge on any atom is -0.310 e. The molecule has 2 nitrogen and oxygen atoms in total. The van der Waals surface area contributed by atoms with Crippen LogP contribution in [0.5, 0.6) is 0 Å². The third-order valence-electron chi connectivity index (χ3n) is 5.61. The van der Waals surface area contributed by atoms with Gasteiger partial charge in [0.15, 0.2) is 0 Å². The minimum atomic E-state index is 0.385. The number of hydrogen-bond donors (Lipinski definition) is 1. The Morgan fingerprint density at radius 2 is 2.11 bits per heavy atom. The van der Waals surface area contributed by atoms with E-state index in [0.29, 0.717) is 11.5 Å². The number of pyridine rings is 1.